The van der Waals surface area contributed by atoms with E-state index >= 15 is 0 Å². The van der Waals surface area contributed by atoms with Crippen LogP contribution in [0.3, 0.4) is 0 Å². The van der Waals surface area contributed by atoms with Crippen molar-refractivity contribution in [3.8, 4) is 11.5 Å². The van der Waals surface area contributed by atoms with Gasteiger partial charge in [-0.15, -0.1) is 0 Å². The van der Waals surface area contributed by atoms with Gasteiger partial charge in [-0.2, -0.15) is 5.10 Å². The molecule has 0 bridgehead atoms. The highest BCUT2D eigenvalue weighted by Crippen LogP contribution is 2.27. The molecule has 0 aliphatic rings. The van der Waals surface area contributed by atoms with Crippen molar-refractivity contribution in [2.24, 2.45) is 0 Å². The normalized spacial score (nSPS) is 11.6. The number of methoxy groups -OCH3 is 1. The number of hydrogen-bond acceptors (Lipinski definition) is 3. The first-order chi connectivity index (χ1) is 16.8. The number of fused-ring (bicyclic) bond motifs is 1. The summed E-state index contributed by atoms with van der Waals surface area (Å²) < 4.78 is 11.5. The zero-order valence-corrected chi connectivity index (χ0v) is 18.9. The Morgan fingerprint density at radius 3 is 2.65 bits per heavy atom. The molecule has 0 saturated heterocycles. The number of benzene rings is 3. The fourth-order valence-electron chi connectivity index (χ4n) is 3.71. The fraction of sp³-hybridized carbons (Fsp3) is 0.0690. The van der Waals surface area contributed by atoms with Gasteiger partial charge >= 0.3 is 0 Å². The molecule has 0 spiro atoms. The Bertz CT molecular complexity index is 1440. The number of ether oxygens (including phenoxy) is 2. The highest BCUT2D eigenvalue weighted by atomic mass is 16.5. The van der Waals surface area contributed by atoms with Crippen molar-refractivity contribution in [3.05, 3.63) is 113 Å². The van der Waals surface area contributed by atoms with Crippen LogP contribution in [0.4, 0.5) is 0 Å². The minimum Gasteiger partial charge on any atom is -0.496 e. The van der Waals surface area contributed by atoms with E-state index in [1.54, 1.807) is 7.11 Å². The third-order valence-corrected chi connectivity index (χ3v) is 5.54. The Kier molecular flexibility index (Phi) is 6.25. The lowest BCUT2D eigenvalue weighted by Gasteiger charge is -2.10. The zero-order chi connectivity index (χ0) is 23.2. The molecule has 0 aliphatic heterocycles. The third-order valence-electron chi connectivity index (χ3n) is 5.54. The van der Waals surface area contributed by atoms with E-state index in [1.165, 1.54) is 5.39 Å². The van der Waals surface area contributed by atoms with Crippen LogP contribution in [-0.2, 0) is 6.61 Å². The van der Waals surface area contributed by atoms with Crippen LogP contribution in [0.1, 0.15) is 28.1 Å². The van der Waals surface area contributed by atoms with Crippen LogP contribution in [0.2, 0.25) is 0 Å². The van der Waals surface area contributed by atoms with E-state index in [-0.39, 0.29) is 0 Å². The second kappa shape index (κ2) is 9.96. The number of nitrogens with one attached hydrogen (secondary N) is 2. The van der Waals surface area contributed by atoms with Gasteiger partial charge in [0.15, 0.2) is 0 Å². The Morgan fingerprint density at radius 2 is 1.76 bits per heavy atom. The standard InChI is InChI=1S/C29H25N3O2/c1-33-29-19-27(34-20-22-5-3-2-4-6-22)14-11-24(29)10-13-26-18-25(31-32-26)12-8-21-7-9-23-15-16-30-28(23)17-21/h2-19,30H,20H2,1H3,(H,31,32)/b12-8+,13-10+. The predicted octanol–water partition coefficient (Wildman–Crippen LogP) is 6.82. The minimum atomic E-state index is 0.515. The molecule has 0 fully saturated rings. The molecule has 2 heterocycles. The summed E-state index contributed by atoms with van der Waals surface area (Å²) in [5.41, 5.74) is 6.10. The first-order valence-electron chi connectivity index (χ1n) is 11.1. The molecule has 2 N–H and O–H groups in total. The van der Waals surface area contributed by atoms with Gasteiger partial charge in [0, 0.05) is 23.3 Å². The van der Waals surface area contributed by atoms with Crippen molar-refractivity contribution >= 4 is 35.2 Å². The van der Waals surface area contributed by atoms with Crippen molar-refractivity contribution in [2.45, 2.75) is 6.61 Å². The van der Waals surface area contributed by atoms with E-state index in [1.807, 2.05) is 79.0 Å². The minimum absolute atomic E-state index is 0.515. The van der Waals surface area contributed by atoms with Gasteiger partial charge in [0.2, 0.25) is 0 Å². The molecule has 34 heavy (non-hydrogen) atoms. The van der Waals surface area contributed by atoms with Crippen LogP contribution < -0.4 is 9.47 Å². The summed E-state index contributed by atoms with van der Waals surface area (Å²) in [4.78, 5) is 3.24. The van der Waals surface area contributed by atoms with E-state index in [2.05, 4.69) is 45.5 Å². The van der Waals surface area contributed by atoms with E-state index in [0.717, 1.165) is 45.1 Å². The van der Waals surface area contributed by atoms with Gasteiger partial charge in [-0.1, -0.05) is 48.5 Å². The Labute approximate surface area is 198 Å². The van der Waals surface area contributed by atoms with Crippen molar-refractivity contribution in [1.82, 2.24) is 15.2 Å². The summed E-state index contributed by atoms with van der Waals surface area (Å²) in [7, 11) is 1.66. The molecular weight excluding hydrogens is 422 g/mol. The van der Waals surface area contributed by atoms with Crippen molar-refractivity contribution in [3.63, 3.8) is 0 Å². The highest BCUT2D eigenvalue weighted by Gasteiger charge is 2.04. The van der Waals surface area contributed by atoms with Crippen LogP contribution in [0.5, 0.6) is 11.5 Å². The Morgan fingerprint density at radius 1 is 0.853 bits per heavy atom. The smallest absolute Gasteiger partial charge is 0.129 e. The molecule has 0 aliphatic carbocycles. The van der Waals surface area contributed by atoms with E-state index < -0.39 is 0 Å². The lowest BCUT2D eigenvalue weighted by atomic mass is 10.1. The first-order valence-corrected chi connectivity index (χ1v) is 11.1. The van der Waals surface area contributed by atoms with Gasteiger partial charge in [-0.25, -0.2) is 0 Å². The van der Waals surface area contributed by atoms with Gasteiger partial charge in [0.25, 0.3) is 0 Å². The molecule has 5 heteroatoms. The molecule has 0 amide bonds. The molecular formula is C29H25N3O2. The zero-order valence-electron chi connectivity index (χ0n) is 18.9. The molecule has 0 radical (unpaired) electrons. The van der Waals surface area contributed by atoms with Gasteiger partial charge < -0.3 is 14.5 Å². The van der Waals surface area contributed by atoms with E-state index in [9.17, 15) is 0 Å². The summed E-state index contributed by atoms with van der Waals surface area (Å²) in [5.74, 6) is 1.51. The van der Waals surface area contributed by atoms with Crippen molar-refractivity contribution < 1.29 is 9.47 Å². The average molecular weight is 448 g/mol. The van der Waals surface area contributed by atoms with E-state index in [0.29, 0.717) is 6.61 Å². The molecule has 3 aromatic carbocycles. The summed E-state index contributed by atoms with van der Waals surface area (Å²) in [6, 6.07) is 26.3. The molecule has 168 valence electrons. The third kappa shape index (κ3) is 5.10. The number of aromatic amines is 2. The lowest BCUT2D eigenvalue weighted by Crippen LogP contribution is -1.96. The van der Waals surface area contributed by atoms with E-state index in [4.69, 9.17) is 9.47 Å². The summed E-state index contributed by atoms with van der Waals surface area (Å²) in [6.07, 6.45) is 9.99. The number of aromatic nitrogens is 3. The highest BCUT2D eigenvalue weighted by molar-refractivity contribution is 5.83. The Hall–Kier alpha value is -4.51. The average Bonchev–Trinajstić information content (AvgIpc) is 3.55. The number of rotatable bonds is 8. The molecule has 5 rings (SSSR count). The number of H-pyrrole nitrogens is 2. The van der Waals surface area contributed by atoms with Crippen LogP contribution >= 0.6 is 0 Å². The first kappa shape index (κ1) is 21.3. The Balaban J connectivity index is 1.24. The number of nitrogens with zero attached hydrogens (tertiary/aromatic N) is 1. The fourth-order valence-corrected chi connectivity index (χ4v) is 3.71. The van der Waals surface area contributed by atoms with Crippen molar-refractivity contribution in [1.29, 1.82) is 0 Å². The predicted molar refractivity (Wildman–Crippen MR) is 139 cm³/mol. The quantitative estimate of drug-likeness (QED) is 0.274. The summed E-state index contributed by atoms with van der Waals surface area (Å²) >= 11 is 0. The topological polar surface area (TPSA) is 62.9 Å². The summed E-state index contributed by atoms with van der Waals surface area (Å²) in [5, 5.41) is 8.66. The SMILES string of the molecule is COc1cc(OCc2ccccc2)ccc1/C=C/c1cc(/C=C/c2ccc3cc[nH]c3c2)[nH]n1. The molecule has 0 saturated carbocycles. The molecule has 0 unspecified atom stereocenters. The maximum Gasteiger partial charge on any atom is 0.129 e. The molecule has 0 atom stereocenters. The molecule has 2 aromatic heterocycles. The van der Waals surface area contributed by atoms with Gasteiger partial charge in [-0.05, 0) is 65.1 Å². The van der Waals surface area contributed by atoms with Gasteiger partial charge in [0.05, 0.1) is 18.5 Å². The van der Waals surface area contributed by atoms with Crippen LogP contribution in [0, 0.1) is 0 Å². The van der Waals surface area contributed by atoms with Crippen molar-refractivity contribution in [2.75, 3.05) is 7.11 Å². The second-order valence-corrected chi connectivity index (χ2v) is 7.92. The molecule has 5 nitrogen and oxygen atoms in total. The maximum atomic E-state index is 5.91. The largest absolute Gasteiger partial charge is 0.496 e. The maximum absolute atomic E-state index is 5.91. The van der Waals surface area contributed by atoms with Gasteiger partial charge in [-0.3, -0.25) is 5.10 Å². The monoisotopic (exact) mass is 447 g/mol. The summed E-state index contributed by atoms with van der Waals surface area (Å²) in [6.45, 7) is 0.515. The lowest BCUT2D eigenvalue weighted by molar-refractivity contribution is 0.303. The number of hydrogen-bond donors (Lipinski definition) is 2. The molecule has 5 aromatic rings. The second-order valence-electron chi connectivity index (χ2n) is 7.92. The van der Waals surface area contributed by atoms with Crippen LogP contribution in [0.15, 0.2) is 85.1 Å². The van der Waals surface area contributed by atoms with Gasteiger partial charge in [0.1, 0.15) is 18.1 Å². The van der Waals surface area contributed by atoms with Crippen LogP contribution in [0.25, 0.3) is 35.2 Å². The van der Waals surface area contributed by atoms with Crippen LogP contribution in [-0.4, -0.2) is 22.3 Å².